The van der Waals surface area contributed by atoms with Crippen molar-refractivity contribution in [2.75, 3.05) is 43.9 Å². The molecule has 1 unspecified atom stereocenters. The lowest BCUT2D eigenvalue weighted by Crippen LogP contribution is -2.20. The summed E-state index contributed by atoms with van der Waals surface area (Å²) in [5.41, 5.74) is 0. The van der Waals surface area contributed by atoms with Crippen LogP contribution in [0.1, 0.15) is 19.8 Å². The predicted molar refractivity (Wildman–Crippen MR) is 74.9 cm³/mol. The molecule has 1 atom stereocenters. The molecule has 0 bridgehead atoms. The van der Waals surface area contributed by atoms with Gasteiger partial charge in [0.2, 0.25) is 5.95 Å². The van der Waals surface area contributed by atoms with E-state index in [4.69, 9.17) is 0 Å². The molecule has 1 fully saturated rings. The molecule has 106 valence electrons. The summed E-state index contributed by atoms with van der Waals surface area (Å²) in [6.07, 6.45) is 3.35. The number of anilines is 2. The van der Waals surface area contributed by atoms with Crippen LogP contribution in [0.5, 0.6) is 0 Å². The lowest BCUT2D eigenvalue weighted by Gasteiger charge is -2.13. The largest absolute Gasteiger partial charge is 0.367 e. The van der Waals surface area contributed by atoms with Crippen molar-refractivity contribution in [2.45, 2.75) is 19.8 Å². The fourth-order valence-corrected chi connectivity index (χ4v) is 2.25. The van der Waals surface area contributed by atoms with Crippen molar-refractivity contribution < 1.29 is 4.39 Å². The minimum atomic E-state index is -0.395. The average molecular weight is 267 g/mol. The smallest absolute Gasteiger partial charge is 0.224 e. The fourth-order valence-electron chi connectivity index (χ4n) is 2.25. The second-order valence-corrected chi connectivity index (χ2v) is 5.11. The van der Waals surface area contributed by atoms with Gasteiger partial charge in [0.15, 0.2) is 11.6 Å². The summed E-state index contributed by atoms with van der Waals surface area (Å²) < 4.78 is 13.6. The van der Waals surface area contributed by atoms with Gasteiger partial charge in [-0.3, -0.25) is 0 Å². The van der Waals surface area contributed by atoms with Crippen LogP contribution in [0.3, 0.4) is 0 Å². The fraction of sp³-hybridized carbons (Fsp3) is 0.692. The van der Waals surface area contributed by atoms with Gasteiger partial charge >= 0.3 is 0 Å². The second-order valence-electron chi connectivity index (χ2n) is 5.11. The molecule has 0 saturated carbocycles. The van der Waals surface area contributed by atoms with Crippen molar-refractivity contribution in [2.24, 2.45) is 5.92 Å². The molecule has 2 N–H and O–H groups in total. The van der Waals surface area contributed by atoms with Gasteiger partial charge in [-0.05, 0) is 32.4 Å². The molecule has 2 heterocycles. The monoisotopic (exact) mass is 267 g/mol. The molecule has 19 heavy (non-hydrogen) atoms. The molecule has 0 aliphatic carbocycles. The highest BCUT2D eigenvalue weighted by atomic mass is 19.1. The molecule has 0 radical (unpaired) electrons. The second kappa shape index (κ2) is 6.65. The van der Waals surface area contributed by atoms with Crippen molar-refractivity contribution >= 4 is 11.8 Å². The summed E-state index contributed by atoms with van der Waals surface area (Å²) in [6.45, 7) is 5.78. The van der Waals surface area contributed by atoms with Crippen molar-refractivity contribution in [3.05, 3.63) is 12.0 Å². The summed E-state index contributed by atoms with van der Waals surface area (Å²) in [6, 6.07) is 0. The first-order valence-corrected chi connectivity index (χ1v) is 6.88. The number of hydrogen-bond acceptors (Lipinski definition) is 5. The van der Waals surface area contributed by atoms with Crippen molar-refractivity contribution in [3.8, 4) is 0 Å². The van der Waals surface area contributed by atoms with Gasteiger partial charge in [-0.2, -0.15) is 4.98 Å². The maximum atomic E-state index is 13.6. The van der Waals surface area contributed by atoms with Gasteiger partial charge in [-0.15, -0.1) is 0 Å². The van der Waals surface area contributed by atoms with Crippen molar-refractivity contribution in [1.82, 2.24) is 14.9 Å². The summed E-state index contributed by atoms with van der Waals surface area (Å²) in [4.78, 5) is 10.4. The molecule has 1 saturated heterocycles. The average Bonchev–Trinajstić information content (AvgIpc) is 2.82. The van der Waals surface area contributed by atoms with E-state index in [-0.39, 0.29) is 0 Å². The maximum absolute atomic E-state index is 13.6. The standard InChI is InChI=1S/C13H22FN5/c1-3-5-15-13-17-8-11(14)12(18-13)16-7-10-4-6-19(2)9-10/h8,10H,3-7,9H2,1-2H3,(H2,15,16,17,18). The Labute approximate surface area is 113 Å². The zero-order valence-electron chi connectivity index (χ0n) is 11.6. The van der Waals surface area contributed by atoms with Gasteiger partial charge in [0.25, 0.3) is 0 Å². The van der Waals surface area contributed by atoms with Gasteiger partial charge in [-0.1, -0.05) is 6.92 Å². The number of rotatable bonds is 6. The Hall–Kier alpha value is -1.43. The van der Waals surface area contributed by atoms with Crippen molar-refractivity contribution in [1.29, 1.82) is 0 Å². The molecular weight excluding hydrogens is 245 g/mol. The van der Waals surface area contributed by atoms with Crippen LogP contribution in [0, 0.1) is 11.7 Å². The van der Waals surface area contributed by atoms with Gasteiger partial charge in [0.1, 0.15) is 0 Å². The summed E-state index contributed by atoms with van der Waals surface area (Å²) in [7, 11) is 2.11. The van der Waals surface area contributed by atoms with Crippen LogP contribution in [0.15, 0.2) is 6.20 Å². The number of nitrogens with zero attached hydrogens (tertiary/aromatic N) is 3. The molecule has 1 aliphatic heterocycles. The lowest BCUT2D eigenvalue weighted by atomic mass is 10.1. The topological polar surface area (TPSA) is 53.1 Å². The number of hydrogen-bond donors (Lipinski definition) is 2. The highest BCUT2D eigenvalue weighted by Gasteiger charge is 2.19. The van der Waals surface area contributed by atoms with E-state index in [2.05, 4.69) is 39.5 Å². The Kier molecular flexibility index (Phi) is 4.90. The van der Waals surface area contributed by atoms with E-state index in [1.807, 2.05) is 0 Å². The number of nitrogens with one attached hydrogen (secondary N) is 2. The quantitative estimate of drug-likeness (QED) is 0.823. The van der Waals surface area contributed by atoms with Crippen LogP contribution in [-0.4, -0.2) is 48.1 Å². The first-order chi connectivity index (χ1) is 9.19. The highest BCUT2D eigenvalue weighted by Crippen LogP contribution is 2.17. The third-order valence-electron chi connectivity index (χ3n) is 3.32. The van der Waals surface area contributed by atoms with Gasteiger partial charge < -0.3 is 15.5 Å². The third kappa shape index (κ3) is 4.02. The van der Waals surface area contributed by atoms with E-state index in [0.717, 1.165) is 39.0 Å². The SMILES string of the molecule is CCCNc1ncc(F)c(NCC2CCN(C)C2)n1. The van der Waals surface area contributed by atoms with Gasteiger partial charge in [0, 0.05) is 19.6 Å². The Bertz CT molecular complexity index is 412. The van der Waals surface area contributed by atoms with E-state index in [1.165, 1.54) is 6.20 Å². The van der Waals surface area contributed by atoms with Gasteiger partial charge in [-0.25, -0.2) is 9.37 Å². The molecule has 0 spiro atoms. The molecule has 5 nitrogen and oxygen atoms in total. The maximum Gasteiger partial charge on any atom is 0.224 e. The lowest BCUT2D eigenvalue weighted by molar-refractivity contribution is 0.399. The molecule has 1 aromatic rings. The molecule has 0 amide bonds. The van der Waals surface area contributed by atoms with E-state index in [9.17, 15) is 4.39 Å². The summed E-state index contributed by atoms with van der Waals surface area (Å²) in [5, 5.41) is 6.16. The summed E-state index contributed by atoms with van der Waals surface area (Å²) >= 11 is 0. The van der Waals surface area contributed by atoms with Crippen LogP contribution in [-0.2, 0) is 0 Å². The molecule has 1 aromatic heterocycles. The number of aromatic nitrogens is 2. The van der Waals surface area contributed by atoms with E-state index < -0.39 is 5.82 Å². The highest BCUT2D eigenvalue weighted by molar-refractivity contribution is 5.41. The molecule has 2 rings (SSSR count). The van der Waals surface area contributed by atoms with Crippen LogP contribution >= 0.6 is 0 Å². The van der Waals surface area contributed by atoms with Crippen molar-refractivity contribution in [3.63, 3.8) is 0 Å². The first-order valence-electron chi connectivity index (χ1n) is 6.88. The van der Waals surface area contributed by atoms with E-state index in [0.29, 0.717) is 17.7 Å². The Balaban J connectivity index is 1.91. The molecule has 1 aliphatic rings. The first kappa shape index (κ1) is 14.0. The Morgan fingerprint density at radius 1 is 1.47 bits per heavy atom. The van der Waals surface area contributed by atoms with E-state index in [1.54, 1.807) is 0 Å². The number of halogens is 1. The van der Waals surface area contributed by atoms with Crippen LogP contribution < -0.4 is 10.6 Å². The van der Waals surface area contributed by atoms with Crippen LogP contribution in [0.25, 0.3) is 0 Å². The zero-order chi connectivity index (χ0) is 13.7. The van der Waals surface area contributed by atoms with E-state index >= 15 is 0 Å². The minimum absolute atomic E-state index is 0.295. The van der Waals surface area contributed by atoms with Gasteiger partial charge in [0.05, 0.1) is 6.20 Å². The number of likely N-dealkylation sites (tertiary alicyclic amines) is 1. The normalized spacial score (nSPS) is 19.6. The predicted octanol–water partition coefficient (Wildman–Crippen LogP) is 1.80. The van der Waals surface area contributed by atoms with Crippen LogP contribution in [0.2, 0.25) is 0 Å². The summed E-state index contributed by atoms with van der Waals surface area (Å²) in [5.74, 6) is 0.942. The van der Waals surface area contributed by atoms with Crippen LogP contribution in [0.4, 0.5) is 16.2 Å². The third-order valence-corrected chi connectivity index (χ3v) is 3.32. The Morgan fingerprint density at radius 2 is 2.32 bits per heavy atom. The molecule has 6 heteroatoms. The minimum Gasteiger partial charge on any atom is -0.367 e. The molecule has 0 aromatic carbocycles. The zero-order valence-corrected chi connectivity index (χ0v) is 11.6. The Morgan fingerprint density at radius 3 is 3.00 bits per heavy atom. The molecular formula is C13H22FN5.